The number of nitrogens with one attached hydrogen (secondary N) is 1. The van der Waals surface area contributed by atoms with Gasteiger partial charge in [-0.2, -0.15) is 5.10 Å². The molecule has 1 aliphatic carbocycles. The maximum Gasteiger partial charge on any atom is 0.332 e. The van der Waals surface area contributed by atoms with Crippen LogP contribution in [0.5, 0.6) is 0 Å². The molecule has 0 aromatic carbocycles. The Morgan fingerprint density at radius 2 is 2.07 bits per heavy atom. The van der Waals surface area contributed by atoms with Crippen LogP contribution in [-0.4, -0.2) is 11.7 Å². The lowest BCUT2D eigenvalue weighted by molar-refractivity contribution is 0.226. The number of carbonyl (C=O) groups excluding carboxylic acids is 1. The number of hydrogen-bond acceptors (Lipinski definition) is 2. The van der Waals surface area contributed by atoms with Crippen molar-refractivity contribution in [3.8, 4) is 0 Å². The third-order valence-corrected chi connectivity index (χ3v) is 3.80. The molecule has 2 atom stereocenters. The fourth-order valence-corrected chi connectivity index (χ4v) is 2.02. The molecule has 4 heteroatoms. The van der Waals surface area contributed by atoms with Gasteiger partial charge in [0, 0.05) is 11.6 Å². The second-order valence-electron chi connectivity index (χ2n) is 5.65. The van der Waals surface area contributed by atoms with Crippen LogP contribution < -0.4 is 11.2 Å². The van der Waals surface area contributed by atoms with Crippen LogP contribution in [0.4, 0.5) is 4.79 Å². The second-order valence-corrected chi connectivity index (χ2v) is 5.65. The number of urea groups is 1. The highest BCUT2D eigenvalue weighted by Gasteiger charge is 2.58. The highest BCUT2D eigenvalue weighted by molar-refractivity contribution is 5.89. The van der Waals surface area contributed by atoms with Gasteiger partial charge in [0.2, 0.25) is 0 Å². The number of nitrogens with zero attached hydrogens (tertiary/aromatic N) is 1. The number of rotatable bonds is 2. The van der Waals surface area contributed by atoms with E-state index < -0.39 is 6.03 Å². The molecule has 86 valence electrons. The van der Waals surface area contributed by atoms with Crippen molar-refractivity contribution in [3.63, 3.8) is 0 Å². The summed E-state index contributed by atoms with van der Waals surface area (Å²) in [5, 5.41) is 3.99. The summed E-state index contributed by atoms with van der Waals surface area (Å²) < 4.78 is 0. The molecule has 4 nitrogen and oxygen atoms in total. The van der Waals surface area contributed by atoms with Crippen molar-refractivity contribution in [3.05, 3.63) is 0 Å². The van der Waals surface area contributed by atoms with Gasteiger partial charge in [0.25, 0.3) is 0 Å². The largest absolute Gasteiger partial charge is 0.350 e. The van der Waals surface area contributed by atoms with Gasteiger partial charge in [-0.05, 0) is 24.2 Å². The summed E-state index contributed by atoms with van der Waals surface area (Å²) in [4.78, 5) is 10.5. The molecule has 0 unspecified atom stereocenters. The topological polar surface area (TPSA) is 67.5 Å². The summed E-state index contributed by atoms with van der Waals surface area (Å²) >= 11 is 0. The average molecular weight is 211 g/mol. The van der Waals surface area contributed by atoms with Crippen molar-refractivity contribution in [1.29, 1.82) is 0 Å². The van der Waals surface area contributed by atoms with Crippen molar-refractivity contribution < 1.29 is 4.79 Å². The molecule has 0 heterocycles. The third kappa shape index (κ3) is 2.30. The minimum absolute atomic E-state index is 0.265. The highest BCUT2D eigenvalue weighted by atomic mass is 16.2. The smallest absolute Gasteiger partial charge is 0.332 e. The molecule has 0 radical (unpaired) electrons. The molecule has 1 aliphatic rings. The van der Waals surface area contributed by atoms with Gasteiger partial charge in [0.1, 0.15) is 0 Å². The molecule has 1 fully saturated rings. The zero-order valence-corrected chi connectivity index (χ0v) is 10.2. The van der Waals surface area contributed by atoms with Crippen molar-refractivity contribution in [2.24, 2.45) is 27.6 Å². The van der Waals surface area contributed by atoms with E-state index in [0.29, 0.717) is 11.3 Å². The summed E-state index contributed by atoms with van der Waals surface area (Å²) in [6.45, 7) is 10.9. The van der Waals surface area contributed by atoms with Crippen LogP contribution in [0.25, 0.3) is 0 Å². The zero-order chi connectivity index (χ0) is 11.9. The third-order valence-electron chi connectivity index (χ3n) is 3.80. The van der Waals surface area contributed by atoms with Gasteiger partial charge in [0.05, 0.1) is 0 Å². The normalized spacial score (nSPS) is 31.3. The quantitative estimate of drug-likeness (QED) is 0.533. The lowest BCUT2D eigenvalue weighted by atomic mass is 9.77. The van der Waals surface area contributed by atoms with E-state index in [1.165, 1.54) is 0 Å². The summed E-state index contributed by atoms with van der Waals surface area (Å²) in [6, 6.07) is -0.604. The Kier molecular flexibility index (Phi) is 2.81. The maximum absolute atomic E-state index is 10.5. The monoisotopic (exact) mass is 211 g/mol. The molecule has 0 aliphatic heterocycles. The van der Waals surface area contributed by atoms with Crippen molar-refractivity contribution in [2.75, 3.05) is 0 Å². The van der Waals surface area contributed by atoms with E-state index in [2.05, 4.69) is 38.2 Å². The van der Waals surface area contributed by atoms with Crippen molar-refractivity contribution in [2.45, 2.75) is 41.0 Å². The Morgan fingerprint density at radius 3 is 2.40 bits per heavy atom. The first-order chi connectivity index (χ1) is 6.68. The highest BCUT2D eigenvalue weighted by Crippen LogP contribution is 2.63. The molecule has 1 saturated carbocycles. The summed E-state index contributed by atoms with van der Waals surface area (Å²) in [6.07, 6.45) is 1.13. The average Bonchev–Trinajstić information content (AvgIpc) is 2.74. The van der Waals surface area contributed by atoms with Crippen LogP contribution in [0.1, 0.15) is 41.0 Å². The standard InChI is InChI=1S/C11H21N3O/c1-7(13-14-9(12)15)8-6-11(8,5)10(2,3)4/h8H,6H2,1-5H3,(H3,12,14,15)/b13-7+/t8-,11-/m0/s1. The first-order valence-corrected chi connectivity index (χ1v) is 5.28. The van der Waals surface area contributed by atoms with Gasteiger partial charge < -0.3 is 5.73 Å². The van der Waals surface area contributed by atoms with E-state index in [9.17, 15) is 4.79 Å². The number of primary amides is 1. The lowest BCUT2D eigenvalue weighted by Gasteiger charge is -2.28. The van der Waals surface area contributed by atoms with Crippen LogP contribution in [0, 0.1) is 16.7 Å². The Balaban J connectivity index is 2.64. The van der Waals surface area contributed by atoms with Gasteiger partial charge in [0.15, 0.2) is 0 Å². The number of nitrogens with two attached hydrogens (primary N) is 1. The number of hydrazone groups is 1. The lowest BCUT2D eigenvalue weighted by Crippen LogP contribution is -2.27. The molecule has 0 saturated heterocycles. The van der Waals surface area contributed by atoms with E-state index >= 15 is 0 Å². The molecular weight excluding hydrogens is 190 g/mol. The Bertz CT molecular complexity index is 303. The Morgan fingerprint density at radius 1 is 1.53 bits per heavy atom. The van der Waals surface area contributed by atoms with Gasteiger partial charge in [-0.1, -0.05) is 27.7 Å². The van der Waals surface area contributed by atoms with Crippen molar-refractivity contribution in [1.82, 2.24) is 5.43 Å². The number of carbonyl (C=O) groups is 1. The molecule has 2 amide bonds. The molecule has 0 aromatic rings. The van der Waals surface area contributed by atoms with Crippen molar-refractivity contribution >= 4 is 11.7 Å². The molecule has 3 N–H and O–H groups in total. The van der Waals surface area contributed by atoms with E-state index in [4.69, 9.17) is 5.73 Å². The number of amides is 2. The van der Waals surface area contributed by atoms with Gasteiger partial charge in [-0.25, -0.2) is 10.2 Å². The van der Waals surface area contributed by atoms with Crippen LogP contribution in [0.2, 0.25) is 0 Å². The maximum atomic E-state index is 10.5. The molecule has 1 rings (SSSR count). The molecule has 0 aromatic heterocycles. The van der Waals surface area contributed by atoms with Crippen LogP contribution in [0.3, 0.4) is 0 Å². The van der Waals surface area contributed by atoms with Gasteiger partial charge >= 0.3 is 6.03 Å². The Hall–Kier alpha value is -1.06. The summed E-state index contributed by atoms with van der Waals surface area (Å²) in [5.41, 5.74) is 8.76. The van der Waals surface area contributed by atoms with Gasteiger partial charge in [-0.15, -0.1) is 0 Å². The van der Waals surface area contributed by atoms with Crippen LogP contribution in [0.15, 0.2) is 5.10 Å². The van der Waals surface area contributed by atoms with E-state index in [1.54, 1.807) is 0 Å². The molecule has 0 bridgehead atoms. The number of hydrogen-bond donors (Lipinski definition) is 2. The predicted octanol–water partition coefficient (Wildman–Crippen LogP) is 2.10. The first-order valence-electron chi connectivity index (χ1n) is 5.28. The zero-order valence-electron chi connectivity index (χ0n) is 10.2. The fraction of sp³-hybridized carbons (Fsp3) is 0.818. The SMILES string of the molecule is C/C(=N\NC(N)=O)[C@@H]1C[C@]1(C)C(C)(C)C. The second kappa shape index (κ2) is 3.51. The molecule has 15 heavy (non-hydrogen) atoms. The predicted molar refractivity (Wildman–Crippen MR) is 61.5 cm³/mol. The van der Waals surface area contributed by atoms with E-state index in [1.807, 2.05) is 6.92 Å². The van der Waals surface area contributed by atoms with Crippen LogP contribution >= 0.6 is 0 Å². The molecule has 0 spiro atoms. The van der Waals surface area contributed by atoms with Gasteiger partial charge in [-0.3, -0.25) is 0 Å². The van der Waals surface area contributed by atoms with E-state index in [0.717, 1.165) is 12.1 Å². The minimum Gasteiger partial charge on any atom is -0.350 e. The van der Waals surface area contributed by atoms with Crippen LogP contribution in [-0.2, 0) is 0 Å². The molecular formula is C11H21N3O. The van der Waals surface area contributed by atoms with E-state index in [-0.39, 0.29) is 5.41 Å². The summed E-state index contributed by atoms with van der Waals surface area (Å²) in [7, 11) is 0. The minimum atomic E-state index is -0.604. The summed E-state index contributed by atoms with van der Waals surface area (Å²) in [5.74, 6) is 0.462. The Labute approximate surface area is 91.3 Å². The first kappa shape index (κ1) is 12.0. The fourth-order valence-electron chi connectivity index (χ4n) is 2.02.